The molecule has 1 rings (SSSR count). The van der Waals surface area contributed by atoms with Gasteiger partial charge in [0.15, 0.2) is 0 Å². The molecule has 0 amide bonds. The minimum atomic E-state index is -0.220. The van der Waals surface area contributed by atoms with Crippen LogP contribution in [0.5, 0.6) is 0 Å². The monoisotopic (exact) mass is 197 g/mol. The molecule has 0 aliphatic rings. The van der Waals surface area contributed by atoms with Gasteiger partial charge in [0.05, 0.1) is 6.61 Å². The van der Waals surface area contributed by atoms with Crippen LogP contribution in [0.3, 0.4) is 0 Å². The van der Waals surface area contributed by atoms with Crippen molar-refractivity contribution >= 4 is 5.69 Å². The number of nitrogens with one attached hydrogen (secondary N) is 1. The normalized spacial score (nSPS) is 12.6. The van der Waals surface area contributed by atoms with Gasteiger partial charge < -0.3 is 10.1 Å². The molecule has 0 aromatic heterocycles. The highest BCUT2D eigenvalue weighted by Gasteiger charge is 2.04. The Morgan fingerprint density at radius 1 is 1.50 bits per heavy atom. The second-order valence-corrected chi connectivity index (χ2v) is 3.46. The summed E-state index contributed by atoms with van der Waals surface area (Å²) in [7, 11) is 1.65. The number of aryl methyl sites for hydroxylation is 1. The number of hydrogen-bond acceptors (Lipinski definition) is 2. The average Bonchev–Trinajstić information content (AvgIpc) is 2.12. The zero-order valence-electron chi connectivity index (χ0n) is 8.80. The van der Waals surface area contributed by atoms with Crippen molar-refractivity contribution in [1.82, 2.24) is 0 Å². The van der Waals surface area contributed by atoms with E-state index in [2.05, 4.69) is 5.32 Å². The fourth-order valence-corrected chi connectivity index (χ4v) is 1.31. The molecule has 0 bridgehead atoms. The molecule has 1 aromatic rings. The second-order valence-electron chi connectivity index (χ2n) is 3.46. The Labute approximate surface area is 84.1 Å². The van der Waals surface area contributed by atoms with Crippen LogP contribution in [0.1, 0.15) is 12.5 Å². The van der Waals surface area contributed by atoms with Crippen LogP contribution >= 0.6 is 0 Å². The quantitative estimate of drug-likeness (QED) is 0.801. The van der Waals surface area contributed by atoms with Gasteiger partial charge in [-0.3, -0.25) is 0 Å². The number of methoxy groups -OCH3 is 1. The van der Waals surface area contributed by atoms with Crippen LogP contribution in [0, 0.1) is 12.7 Å². The van der Waals surface area contributed by atoms with Gasteiger partial charge in [0.1, 0.15) is 5.82 Å². The van der Waals surface area contributed by atoms with Crippen molar-refractivity contribution in [3.8, 4) is 0 Å². The first kappa shape index (κ1) is 11.0. The first-order chi connectivity index (χ1) is 6.63. The molecule has 0 saturated heterocycles. The Kier molecular flexibility index (Phi) is 3.89. The van der Waals surface area contributed by atoms with Crippen LogP contribution in [0.15, 0.2) is 18.2 Å². The van der Waals surface area contributed by atoms with E-state index in [1.165, 1.54) is 12.1 Å². The van der Waals surface area contributed by atoms with E-state index in [9.17, 15) is 4.39 Å². The lowest BCUT2D eigenvalue weighted by Gasteiger charge is -2.16. The summed E-state index contributed by atoms with van der Waals surface area (Å²) in [5, 5.41) is 3.19. The first-order valence-electron chi connectivity index (χ1n) is 4.65. The van der Waals surface area contributed by atoms with Gasteiger partial charge in [-0.25, -0.2) is 4.39 Å². The number of halogens is 1. The number of rotatable bonds is 4. The van der Waals surface area contributed by atoms with Crippen LogP contribution in [-0.4, -0.2) is 19.8 Å². The Morgan fingerprint density at radius 3 is 2.86 bits per heavy atom. The predicted octanol–water partition coefficient (Wildman–Crippen LogP) is 2.58. The molecule has 0 aliphatic heterocycles. The molecular formula is C11H16FNO. The third-order valence-electron chi connectivity index (χ3n) is 2.02. The molecule has 0 radical (unpaired) electrons. The molecule has 1 N–H and O–H groups in total. The first-order valence-corrected chi connectivity index (χ1v) is 4.65. The molecule has 0 aliphatic carbocycles. The lowest BCUT2D eigenvalue weighted by Crippen LogP contribution is -2.21. The molecule has 0 spiro atoms. The van der Waals surface area contributed by atoms with Gasteiger partial charge in [-0.15, -0.1) is 0 Å². The van der Waals surface area contributed by atoms with Gasteiger partial charge in [-0.05, 0) is 31.5 Å². The van der Waals surface area contributed by atoms with Crippen molar-refractivity contribution in [2.45, 2.75) is 19.9 Å². The van der Waals surface area contributed by atoms with E-state index in [1.54, 1.807) is 13.2 Å². The fraction of sp³-hybridized carbons (Fsp3) is 0.455. The van der Waals surface area contributed by atoms with Crippen LogP contribution in [0.4, 0.5) is 10.1 Å². The molecule has 0 fully saturated rings. The van der Waals surface area contributed by atoms with E-state index in [0.29, 0.717) is 6.61 Å². The van der Waals surface area contributed by atoms with Crippen LogP contribution in [0.25, 0.3) is 0 Å². The Bertz CT molecular complexity index is 301. The standard InChI is InChI=1S/C11H16FNO/c1-8-4-5-10(12)6-11(8)13-9(2)7-14-3/h4-6,9,13H,7H2,1-3H3. The van der Waals surface area contributed by atoms with Gasteiger partial charge in [-0.1, -0.05) is 6.07 Å². The van der Waals surface area contributed by atoms with Crippen molar-refractivity contribution in [2.75, 3.05) is 19.0 Å². The maximum Gasteiger partial charge on any atom is 0.125 e. The van der Waals surface area contributed by atoms with E-state index in [-0.39, 0.29) is 11.9 Å². The molecular weight excluding hydrogens is 181 g/mol. The largest absolute Gasteiger partial charge is 0.383 e. The highest BCUT2D eigenvalue weighted by Crippen LogP contribution is 2.16. The van der Waals surface area contributed by atoms with Crippen molar-refractivity contribution in [3.63, 3.8) is 0 Å². The van der Waals surface area contributed by atoms with E-state index in [4.69, 9.17) is 4.74 Å². The lowest BCUT2D eigenvalue weighted by atomic mass is 10.2. The molecule has 1 aromatic carbocycles. The van der Waals surface area contributed by atoms with Crippen molar-refractivity contribution < 1.29 is 9.13 Å². The molecule has 1 unspecified atom stereocenters. The van der Waals surface area contributed by atoms with Gasteiger partial charge in [0.25, 0.3) is 0 Å². The van der Waals surface area contributed by atoms with Crippen LogP contribution in [0.2, 0.25) is 0 Å². The SMILES string of the molecule is COCC(C)Nc1cc(F)ccc1C. The van der Waals surface area contributed by atoms with Crippen molar-refractivity contribution in [1.29, 1.82) is 0 Å². The zero-order chi connectivity index (χ0) is 10.6. The zero-order valence-corrected chi connectivity index (χ0v) is 8.80. The number of ether oxygens (including phenoxy) is 1. The Morgan fingerprint density at radius 2 is 2.21 bits per heavy atom. The summed E-state index contributed by atoms with van der Waals surface area (Å²) in [4.78, 5) is 0. The number of benzene rings is 1. The highest BCUT2D eigenvalue weighted by atomic mass is 19.1. The third-order valence-corrected chi connectivity index (χ3v) is 2.02. The highest BCUT2D eigenvalue weighted by molar-refractivity contribution is 5.51. The van der Waals surface area contributed by atoms with Gasteiger partial charge in [0.2, 0.25) is 0 Å². The maximum absolute atomic E-state index is 12.9. The number of hydrogen-bond donors (Lipinski definition) is 1. The number of anilines is 1. The van der Waals surface area contributed by atoms with Crippen LogP contribution < -0.4 is 5.32 Å². The topological polar surface area (TPSA) is 21.3 Å². The minimum Gasteiger partial charge on any atom is -0.383 e. The summed E-state index contributed by atoms with van der Waals surface area (Å²) in [6.07, 6.45) is 0. The smallest absolute Gasteiger partial charge is 0.125 e. The fourth-order valence-electron chi connectivity index (χ4n) is 1.31. The van der Waals surface area contributed by atoms with E-state index < -0.39 is 0 Å². The maximum atomic E-state index is 12.9. The van der Waals surface area contributed by atoms with Gasteiger partial charge >= 0.3 is 0 Å². The van der Waals surface area contributed by atoms with E-state index in [0.717, 1.165) is 11.3 Å². The average molecular weight is 197 g/mol. The molecule has 14 heavy (non-hydrogen) atoms. The Balaban J connectivity index is 2.70. The van der Waals surface area contributed by atoms with Crippen LogP contribution in [-0.2, 0) is 4.74 Å². The lowest BCUT2D eigenvalue weighted by molar-refractivity contribution is 0.190. The molecule has 78 valence electrons. The summed E-state index contributed by atoms with van der Waals surface area (Å²) in [6, 6.07) is 4.90. The predicted molar refractivity (Wildman–Crippen MR) is 56.1 cm³/mol. The second kappa shape index (κ2) is 4.96. The molecule has 0 saturated carbocycles. The molecule has 1 atom stereocenters. The summed E-state index contributed by atoms with van der Waals surface area (Å²) in [5.74, 6) is -0.220. The van der Waals surface area contributed by atoms with Gasteiger partial charge in [0, 0.05) is 18.8 Å². The van der Waals surface area contributed by atoms with E-state index >= 15 is 0 Å². The minimum absolute atomic E-state index is 0.181. The third kappa shape index (κ3) is 3.00. The van der Waals surface area contributed by atoms with E-state index in [1.807, 2.05) is 13.8 Å². The van der Waals surface area contributed by atoms with Crippen molar-refractivity contribution in [2.24, 2.45) is 0 Å². The van der Waals surface area contributed by atoms with Crippen molar-refractivity contribution in [3.05, 3.63) is 29.6 Å². The molecule has 3 heteroatoms. The summed E-state index contributed by atoms with van der Waals surface area (Å²) in [5.41, 5.74) is 1.86. The summed E-state index contributed by atoms with van der Waals surface area (Å²) >= 11 is 0. The van der Waals surface area contributed by atoms with Gasteiger partial charge in [-0.2, -0.15) is 0 Å². The molecule has 0 heterocycles. The Hall–Kier alpha value is -1.09. The summed E-state index contributed by atoms with van der Waals surface area (Å²) < 4.78 is 17.9. The molecule has 2 nitrogen and oxygen atoms in total. The summed E-state index contributed by atoms with van der Waals surface area (Å²) in [6.45, 7) is 4.55.